The minimum absolute atomic E-state index is 0.0520. The van der Waals surface area contributed by atoms with Crippen molar-refractivity contribution in [3.8, 4) is 5.75 Å². The van der Waals surface area contributed by atoms with Gasteiger partial charge in [-0.2, -0.15) is 0 Å². The number of benzene rings is 2. The van der Waals surface area contributed by atoms with Crippen LogP contribution in [0.25, 0.3) is 0 Å². The minimum Gasteiger partial charge on any atom is -0.485 e. The van der Waals surface area contributed by atoms with Crippen molar-refractivity contribution in [3.63, 3.8) is 0 Å². The normalized spacial score (nSPS) is 20.7. The third kappa shape index (κ3) is 3.35. The molecule has 1 aliphatic heterocycles. The van der Waals surface area contributed by atoms with Crippen LogP contribution in [0.1, 0.15) is 11.7 Å². The van der Waals surface area contributed by atoms with Crippen molar-refractivity contribution in [2.45, 2.75) is 12.4 Å². The number of halogens is 2. The molecule has 2 aromatic rings. The summed E-state index contributed by atoms with van der Waals surface area (Å²) in [5.41, 5.74) is 0.750. The van der Waals surface area contributed by atoms with Gasteiger partial charge in [-0.25, -0.2) is 4.79 Å². The molecule has 2 aromatic carbocycles. The summed E-state index contributed by atoms with van der Waals surface area (Å²) in [6.07, 6.45) is -1.50. The van der Waals surface area contributed by atoms with E-state index in [1.807, 2.05) is 30.3 Å². The van der Waals surface area contributed by atoms with Crippen LogP contribution in [0.4, 0.5) is 0 Å². The highest BCUT2D eigenvalue weighted by Crippen LogP contribution is 2.30. The Bertz CT molecular complexity index is 675. The summed E-state index contributed by atoms with van der Waals surface area (Å²) in [5, 5.41) is 0.904. The standard InChI is InChI=1S/C16H12Cl2O4/c17-11-6-7-13(12(18)8-11)20-9-14-21-15(16(19)22-14)10-4-2-1-3-5-10/h1-8,14-15H,9H2/t14-,15+/m0/s1. The molecule has 0 spiro atoms. The molecule has 0 aromatic heterocycles. The fourth-order valence-electron chi connectivity index (χ4n) is 2.09. The van der Waals surface area contributed by atoms with E-state index >= 15 is 0 Å². The summed E-state index contributed by atoms with van der Waals surface area (Å²) in [7, 11) is 0. The van der Waals surface area contributed by atoms with Crippen LogP contribution in [0.2, 0.25) is 10.0 Å². The largest absolute Gasteiger partial charge is 0.485 e. The second-order valence-electron chi connectivity index (χ2n) is 4.68. The molecule has 0 aliphatic carbocycles. The summed E-state index contributed by atoms with van der Waals surface area (Å²) in [6, 6.07) is 14.1. The average Bonchev–Trinajstić information content (AvgIpc) is 2.88. The molecule has 4 nitrogen and oxygen atoms in total. The molecular weight excluding hydrogens is 327 g/mol. The van der Waals surface area contributed by atoms with E-state index in [9.17, 15) is 4.79 Å². The first-order valence-corrected chi connectivity index (χ1v) is 7.38. The molecule has 22 heavy (non-hydrogen) atoms. The Hall–Kier alpha value is -1.75. The lowest BCUT2D eigenvalue weighted by Gasteiger charge is -2.12. The number of cyclic esters (lactones) is 1. The molecule has 1 fully saturated rings. The van der Waals surface area contributed by atoms with Crippen molar-refractivity contribution in [2.75, 3.05) is 6.61 Å². The van der Waals surface area contributed by atoms with E-state index in [2.05, 4.69) is 0 Å². The Morgan fingerprint density at radius 1 is 1.09 bits per heavy atom. The summed E-state index contributed by atoms with van der Waals surface area (Å²) in [6.45, 7) is 0.0520. The first kappa shape index (κ1) is 15.2. The Balaban J connectivity index is 1.62. The zero-order valence-electron chi connectivity index (χ0n) is 11.4. The van der Waals surface area contributed by atoms with E-state index in [4.69, 9.17) is 37.4 Å². The van der Waals surface area contributed by atoms with E-state index < -0.39 is 18.4 Å². The SMILES string of the molecule is O=C1O[C@@H](COc2ccc(Cl)cc2Cl)O[C@@H]1c1ccccc1. The first-order valence-electron chi connectivity index (χ1n) is 6.62. The van der Waals surface area contributed by atoms with Crippen LogP contribution in [0.5, 0.6) is 5.75 Å². The first-order chi connectivity index (χ1) is 10.6. The second-order valence-corrected chi connectivity index (χ2v) is 5.52. The minimum atomic E-state index is -0.774. The van der Waals surface area contributed by atoms with Crippen molar-refractivity contribution < 1.29 is 19.0 Å². The highest BCUT2D eigenvalue weighted by atomic mass is 35.5. The number of carbonyl (C=O) groups excluding carboxylic acids is 1. The third-order valence-corrected chi connectivity index (χ3v) is 3.65. The molecule has 0 saturated carbocycles. The second kappa shape index (κ2) is 6.57. The summed E-state index contributed by atoms with van der Waals surface area (Å²) < 4.78 is 16.3. The van der Waals surface area contributed by atoms with Crippen LogP contribution in [0.15, 0.2) is 48.5 Å². The topological polar surface area (TPSA) is 44.8 Å². The van der Waals surface area contributed by atoms with Gasteiger partial charge in [0, 0.05) is 5.02 Å². The zero-order valence-corrected chi connectivity index (χ0v) is 12.9. The van der Waals surface area contributed by atoms with Crippen LogP contribution in [-0.2, 0) is 14.3 Å². The van der Waals surface area contributed by atoms with Gasteiger partial charge in [-0.3, -0.25) is 0 Å². The summed E-state index contributed by atoms with van der Waals surface area (Å²) >= 11 is 11.8. The highest BCUT2D eigenvalue weighted by Gasteiger charge is 2.36. The maximum Gasteiger partial charge on any atom is 0.342 e. The van der Waals surface area contributed by atoms with Gasteiger partial charge in [-0.1, -0.05) is 53.5 Å². The third-order valence-electron chi connectivity index (χ3n) is 3.12. The molecule has 1 heterocycles. The number of rotatable bonds is 4. The maximum atomic E-state index is 11.9. The summed E-state index contributed by atoms with van der Waals surface area (Å²) in [5.74, 6) is 0.0240. The number of carbonyl (C=O) groups is 1. The van der Waals surface area contributed by atoms with Gasteiger partial charge in [0.05, 0.1) is 5.02 Å². The number of hydrogen-bond acceptors (Lipinski definition) is 4. The van der Waals surface area contributed by atoms with Gasteiger partial charge < -0.3 is 14.2 Å². The highest BCUT2D eigenvalue weighted by molar-refractivity contribution is 6.35. The molecule has 114 valence electrons. The van der Waals surface area contributed by atoms with Crippen LogP contribution < -0.4 is 4.74 Å². The summed E-state index contributed by atoms with van der Waals surface area (Å²) in [4.78, 5) is 11.9. The van der Waals surface area contributed by atoms with Crippen LogP contribution in [0.3, 0.4) is 0 Å². The number of hydrogen-bond donors (Lipinski definition) is 0. The van der Waals surface area contributed by atoms with Gasteiger partial charge in [0.2, 0.25) is 6.29 Å². The van der Waals surface area contributed by atoms with Crippen molar-refractivity contribution in [2.24, 2.45) is 0 Å². The van der Waals surface area contributed by atoms with E-state index in [0.29, 0.717) is 15.8 Å². The molecule has 2 atom stereocenters. The molecule has 0 amide bonds. The Morgan fingerprint density at radius 2 is 1.86 bits per heavy atom. The van der Waals surface area contributed by atoms with Gasteiger partial charge >= 0.3 is 5.97 Å². The zero-order chi connectivity index (χ0) is 15.5. The smallest absolute Gasteiger partial charge is 0.342 e. The molecule has 3 rings (SSSR count). The van der Waals surface area contributed by atoms with Crippen molar-refractivity contribution in [3.05, 3.63) is 64.1 Å². The van der Waals surface area contributed by atoms with Gasteiger partial charge in [0.15, 0.2) is 12.7 Å². The molecule has 0 unspecified atom stereocenters. The van der Waals surface area contributed by atoms with Gasteiger partial charge in [0.25, 0.3) is 0 Å². The molecule has 0 N–H and O–H groups in total. The Labute approximate surface area is 137 Å². The molecule has 1 saturated heterocycles. The molecule has 0 bridgehead atoms. The molecule has 1 aliphatic rings. The fourth-order valence-corrected chi connectivity index (χ4v) is 2.56. The van der Waals surface area contributed by atoms with Crippen molar-refractivity contribution in [1.82, 2.24) is 0 Å². The Kier molecular flexibility index (Phi) is 4.52. The molecular formula is C16H12Cl2O4. The number of ether oxygens (including phenoxy) is 3. The predicted octanol–water partition coefficient (Wildman–Crippen LogP) is 4.01. The lowest BCUT2D eigenvalue weighted by molar-refractivity contribution is -0.145. The van der Waals surface area contributed by atoms with Crippen LogP contribution in [0, 0.1) is 0 Å². The maximum absolute atomic E-state index is 11.9. The molecule has 0 radical (unpaired) electrons. The van der Waals surface area contributed by atoms with Crippen LogP contribution >= 0.6 is 23.2 Å². The number of esters is 1. The lowest BCUT2D eigenvalue weighted by atomic mass is 10.1. The van der Waals surface area contributed by atoms with E-state index in [0.717, 1.165) is 5.56 Å². The van der Waals surface area contributed by atoms with E-state index in [-0.39, 0.29) is 6.61 Å². The van der Waals surface area contributed by atoms with Crippen molar-refractivity contribution >= 4 is 29.2 Å². The quantitative estimate of drug-likeness (QED) is 0.790. The fraction of sp³-hybridized carbons (Fsp3) is 0.188. The van der Waals surface area contributed by atoms with Crippen molar-refractivity contribution in [1.29, 1.82) is 0 Å². The van der Waals surface area contributed by atoms with E-state index in [1.165, 1.54) is 0 Å². The van der Waals surface area contributed by atoms with Gasteiger partial charge in [-0.05, 0) is 23.8 Å². The van der Waals surface area contributed by atoms with Gasteiger partial charge in [0.1, 0.15) is 5.75 Å². The van der Waals surface area contributed by atoms with E-state index in [1.54, 1.807) is 18.2 Å². The van der Waals surface area contributed by atoms with Crippen LogP contribution in [-0.4, -0.2) is 18.9 Å². The average molecular weight is 339 g/mol. The van der Waals surface area contributed by atoms with Gasteiger partial charge in [-0.15, -0.1) is 0 Å². The monoisotopic (exact) mass is 338 g/mol. The predicted molar refractivity (Wildman–Crippen MR) is 82.1 cm³/mol. The lowest BCUT2D eigenvalue weighted by Crippen LogP contribution is -2.19. The Morgan fingerprint density at radius 3 is 2.59 bits per heavy atom. The molecule has 6 heteroatoms.